The Labute approximate surface area is 251 Å². The molecule has 5 nitrogen and oxygen atoms in total. The lowest BCUT2D eigenvalue weighted by atomic mass is 10.00. The van der Waals surface area contributed by atoms with Crippen molar-refractivity contribution in [3.63, 3.8) is 0 Å². The van der Waals surface area contributed by atoms with Gasteiger partial charge in [0.2, 0.25) is 0 Å². The molecule has 200 valence electrons. The number of para-hydroxylation sites is 1. The van der Waals surface area contributed by atoms with Crippen LogP contribution in [0, 0.1) is 34.0 Å². The van der Waals surface area contributed by atoms with Crippen molar-refractivity contribution in [1.82, 2.24) is 9.13 Å². The number of rotatable bonds is 3. The summed E-state index contributed by atoms with van der Waals surface area (Å²) in [6, 6.07) is 45.5. The van der Waals surface area contributed by atoms with E-state index in [-0.39, 0.29) is 0 Å². The molecular weight excluding hydrogens is 538 g/mol. The van der Waals surface area contributed by atoms with Crippen molar-refractivity contribution >= 4 is 43.6 Å². The van der Waals surface area contributed by atoms with Crippen LogP contribution in [0.15, 0.2) is 115 Å². The van der Waals surface area contributed by atoms with Gasteiger partial charge in [-0.1, -0.05) is 30.3 Å². The van der Waals surface area contributed by atoms with Gasteiger partial charge in [0.25, 0.3) is 0 Å². The second kappa shape index (κ2) is 8.70. The lowest BCUT2D eigenvalue weighted by Crippen LogP contribution is -1.99. The molecule has 0 N–H and O–H groups in total. The molecule has 2 aliphatic rings. The molecule has 2 aliphatic carbocycles. The largest absolute Gasteiger partial charge is 0.309 e. The molecule has 2 aromatic heterocycles. The molecule has 0 amide bonds. The predicted molar refractivity (Wildman–Crippen MR) is 174 cm³/mol. The number of hydrogen-bond acceptors (Lipinski definition) is 3. The number of fused-ring (bicyclic) bond motifs is 8. The first kappa shape index (κ1) is 24.0. The monoisotopic (exact) mass is 557 g/mol. The summed E-state index contributed by atoms with van der Waals surface area (Å²) in [5.41, 5.74) is 12.5. The summed E-state index contributed by atoms with van der Waals surface area (Å²) >= 11 is 0. The van der Waals surface area contributed by atoms with Gasteiger partial charge in [-0.2, -0.15) is 15.8 Å². The Morgan fingerprint density at radius 2 is 1.07 bits per heavy atom. The second-order valence-corrected chi connectivity index (χ2v) is 11.2. The maximum atomic E-state index is 9.83. The summed E-state index contributed by atoms with van der Waals surface area (Å²) in [5, 5.41) is 33.3. The van der Waals surface area contributed by atoms with Gasteiger partial charge >= 0.3 is 0 Å². The predicted octanol–water partition coefficient (Wildman–Crippen LogP) is 9.14. The first-order valence-electron chi connectivity index (χ1n) is 14.3. The lowest BCUT2D eigenvalue weighted by Gasteiger charge is -2.15. The summed E-state index contributed by atoms with van der Waals surface area (Å²) in [6.07, 6.45) is 0. The summed E-state index contributed by atoms with van der Waals surface area (Å²) < 4.78 is 4.49. The lowest BCUT2D eigenvalue weighted by molar-refractivity contribution is 1.17. The molecule has 5 heteroatoms. The van der Waals surface area contributed by atoms with E-state index in [0.29, 0.717) is 16.7 Å². The van der Waals surface area contributed by atoms with Crippen LogP contribution in [0.5, 0.6) is 0 Å². The van der Waals surface area contributed by atoms with Crippen molar-refractivity contribution in [3.8, 4) is 51.8 Å². The Kier molecular flexibility index (Phi) is 4.75. The molecule has 0 bridgehead atoms. The van der Waals surface area contributed by atoms with Crippen LogP contribution in [0.3, 0.4) is 0 Å². The molecule has 44 heavy (non-hydrogen) atoms. The van der Waals surface area contributed by atoms with E-state index < -0.39 is 0 Å². The third-order valence-corrected chi connectivity index (χ3v) is 8.83. The highest BCUT2D eigenvalue weighted by atomic mass is 15.0. The van der Waals surface area contributed by atoms with Crippen molar-refractivity contribution in [2.75, 3.05) is 0 Å². The van der Waals surface area contributed by atoms with Gasteiger partial charge in [-0.05, 0) is 102 Å². The van der Waals surface area contributed by atoms with E-state index in [4.69, 9.17) is 0 Å². The van der Waals surface area contributed by atoms with Crippen molar-refractivity contribution < 1.29 is 0 Å². The average molecular weight is 558 g/mol. The van der Waals surface area contributed by atoms with Crippen LogP contribution < -0.4 is 0 Å². The minimum absolute atomic E-state index is 0.585. The summed E-state index contributed by atoms with van der Waals surface area (Å²) in [6.45, 7) is 0. The Balaban J connectivity index is 1.25. The number of nitrogens with zero attached hydrogens (tertiary/aromatic N) is 5. The van der Waals surface area contributed by atoms with Gasteiger partial charge in [-0.15, -0.1) is 0 Å². The molecule has 0 spiro atoms. The quantitative estimate of drug-likeness (QED) is 0.217. The van der Waals surface area contributed by atoms with Gasteiger partial charge in [-0.25, -0.2) is 0 Å². The maximum absolute atomic E-state index is 9.83. The minimum Gasteiger partial charge on any atom is -0.309 e. The van der Waals surface area contributed by atoms with Crippen LogP contribution in [0.2, 0.25) is 0 Å². The number of hydrogen-bond donors (Lipinski definition) is 0. The van der Waals surface area contributed by atoms with Crippen molar-refractivity contribution in [3.05, 3.63) is 132 Å². The van der Waals surface area contributed by atoms with E-state index in [2.05, 4.69) is 75.9 Å². The van der Waals surface area contributed by atoms with E-state index in [1.807, 2.05) is 66.7 Å². The van der Waals surface area contributed by atoms with Crippen molar-refractivity contribution in [1.29, 1.82) is 15.8 Å². The van der Waals surface area contributed by atoms with E-state index in [1.165, 1.54) is 16.5 Å². The molecule has 0 saturated carbocycles. The standard InChI is InChI=1S/C39H19N5/c40-20-23-5-12-35(44-34-4-2-1-3-29(34)32-16-24(21-41)6-13-36(32)44)30(15-23)26-8-10-28(11-9-26)43-37-14-7-25(22-42)17-33(37)39-31-18-27(31)19-38(39)43/h1-19H. The molecule has 0 saturated heterocycles. The fourth-order valence-corrected chi connectivity index (χ4v) is 6.80. The van der Waals surface area contributed by atoms with Crippen LogP contribution in [0.4, 0.5) is 0 Å². The van der Waals surface area contributed by atoms with Gasteiger partial charge in [0.1, 0.15) is 0 Å². The third-order valence-electron chi connectivity index (χ3n) is 8.83. The SMILES string of the molecule is N#Cc1ccc(-n2c3ccccc3c3cc(C#N)ccc32)c(-c2ccc(-n3c4ccc(C#N)cc4c4c5cc-5cc43)cc2)c1. The van der Waals surface area contributed by atoms with Crippen LogP contribution >= 0.6 is 0 Å². The highest BCUT2D eigenvalue weighted by Gasteiger charge is 2.25. The van der Waals surface area contributed by atoms with E-state index in [0.717, 1.165) is 60.7 Å². The highest BCUT2D eigenvalue weighted by Crippen LogP contribution is 2.48. The van der Waals surface area contributed by atoms with Crippen LogP contribution in [0.25, 0.3) is 77.2 Å². The molecule has 0 aliphatic heterocycles. The Hall–Kier alpha value is -6.61. The molecule has 5 aromatic carbocycles. The summed E-state index contributed by atoms with van der Waals surface area (Å²) in [7, 11) is 0. The third kappa shape index (κ3) is 3.26. The van der Waals surface area contributed by atoms with Crippen LogP contribution in [-0.4, -0.2) is 9.13 Å². The maximum Gasteiger partial charge on any atom is 0.0991 e. The first-order chi connectivity index (χ1) is 21.7. The Bertz CT molecular complexity index is 2680. The summed E-state index contributed by atoms with van der Waals surface area (Å²) in [4.78, 5) is 0. The number of aromatic nitrogens is 2. The second-order valence-electron chi connectivity index (χ2n) is 11.2. The fraction of sp³-hybridized carbons (Fsp3) is 0. The zero-order chi connectivity index (χ0) is 29.5. The molecule has 2 heterocycles. The molecule has 0 unspecified atom stereocenters. The zero-order valence-electron chi connectivity index (χ0n) is 23.2. The van der Waals surface area contributed by atoms with Gasteiger partial charge in [0.15, 0.2) is 0 Å². The van der Waals surface area contributed by atoms with Gasteiger partial charge in [0.05, 0.1) is 62.7 Å². The van der Waals surface area contributed by atoms with E-state index in [9.17, 15) is 15.8 Å². The molecule has 9 rings (SSSR count). The van der Waals surface area contributed by atoms with Gasteiger partial charge in [-0.3, -0.25) is 0 Å². The average Bonchev–Trinajstić information content (AvgIpc) is 3.47. The Morgan fingerprint density at radius 1 is 0.432 bits per heavy atom. The zero-order valence-corrected chi connectivity index (χ0v) is 23.2. The molecular formula is C39H19N5. The smallest absolute Gasteiger partial charge is 0.0991 e. The number of benzene rings is 6. The van der Waals surface area contributed by atoms with Crippen molar-refractivity contribution in [2.24, 2.45) is 0 Å². The highest BCUT2D eigenvalue weighted by molar-refractivity contribution is 6.22. The van der Waals surface area contributed by atoms with Gasteiger partial charge in [0, 0.05) is 32.8 Å². The van der Waals surface area contributed by atoms with Crippen LogP contribution in [-0.2, 0) is 0 Å². The normalized spacial score (nSPS) is 11.6. The van der Waals surface area contributed by atoms with Crippen molar-refractivity contribution in [2.45, 2.75) is 0 Å². The molecule has 7 aromatic rings. The summed E-state index contributed by atoms with van der Waals surface area (Å²) in [5.74, 6) is 0. The van der Waals surface area contributed by atoms with E-state index in [1.54, 1.807) is 0 Å². The molecule has 0 atom stereocenters. The molecule has 0 fully saturated rings. The first-order valence-corrected chi connectivity index (χ1v) is 14.3. The van der Waals surface area contributed by atoms with Gasteiger partial charge < -0.3 is 9.13 Å². The minimum atomic E-state index is 0.585. The van der Waals surface area contributed by atoms with E-state index >= 15 is 0 Å². The molecule has 0 radical (unpaired) electrons. The Morgan fingerprint density at radius 3 is 1.82 bits per heavy atom. The topological polar surface area (TPSA) is 81.2 Å². The van der Waals surface area contributed by atoms with Crippen LogP contribution in [0.1, 0.15) is 16.7 Å². The number of nitriles is 3. The fourth-order valence-electron chi connectivity index (χ4n) is 6.80.